The highest BCUT2D eigenvalue weighted by atomic mass is 35.5. The van der Waals surface area contributed by atoms with Crippen molar-refractivity contribution in [3.63, 3.8) is 0 Å². The van der Waals surface area contributed by atoms with Gasteiger partial charge in [-0.15, -0.1) is 0 Å². The Bertz CT molecular complexity index is 1560. The zero-order valence-corrected chi connectivity index (χ0v) is 24.9. The lowest BCUT2D eigenvalue weighted by atomic mass is 10.2. The number of hydrogen-bond acceptors (Lipinski definition) is 5. The highest BCUT2D eigenvalue weighted by Crippen LogP contribution is 2.35. The van der Waals surface area contributed by atoms with Crippen LogP contribution >= 0.6 is 34.8 Å². The molecule has 9 nitrogen and oxygen atoms in total. The summed E-state index contributed by atoms with van der Waals surface area (Å²) in [5, 5.41) is 6.66. The van der Waals surface area contributed by atoms with E-state index in [9.17, 15) is 18.0 Å². The van der Waals surface area contributed by atoms with Gasteiger partial charge < -0.3 is 20.3 Å². The van der Waals surface area contributed by atoms with E-state index in [2.05, 4.69) is 10.6 Å². The molecule has 0 aromatic heterocycles. The number of nitrogens with zero attached hydrogens (tertiary/aromatic N) is 2. The number of piperidine rings is 1. The topological polar surface area (TPSA) is 108 Å². The highest BCUT2D eigenvalue weighted by Gasteiger charge is 2.35. The number of carbonyl (C=O) groups is 2. The standard InChI is InChI=1S/C28H27Cl3N4O5S/c29-18-4-7-20(8-5-18)40-26-11-9-21(41(38,39)34-13-2-1-3-14-34)17-24(26)33-28(37)32-23-12-15-35(27(23)36)25-10-6-19(30)16-22(25)31/h4-11,16-17,23H,1-3,12-15H2,(H2,32,33,37). The summed E-state index contributed by atoms with van der Waals surface area (Å²) in [5.41, 5.74) is 0.624. The van der Waals surface area contributed by atoms with Crippen LogP contribution in [0.2, 0.25) is 15.1 Å². The minimum Gasteiger partial charge on any atom is -0.455 e. The molecule has 2 heterocycles. The van der Waals surface area contributed by atoms with Gasteiger partial charge in [0.2, 0.25) is 15.9 Å². The Hall–Kier alpha value is -3.02. The molecule has 3 aromatic carbocycles. The molecule has 2 fully saturated rings. The number of hydrogen-bond donors (Lipinski definition) is 2. The Morgan fingerprint density at radius 3 is 2.29 bits per heavy atom. The van der Waals surface area contributed by atoms with Gasteiger partial charge in [0.15, 0.2) is 5.75 Å². The van der Waals surface area contributed by atoms with E-state index in [1.807, 2.05) is 0 Å². The molecule has 41 heavy (non-hydrogen) atoms. The van der Waals surface area contributed by atoms with Gasteiger partial charge in [0.25, 0.3) is 0 Å². The van der Waals surface area contributed by atoms with E-state index in [1.54, 1.807) is 42.5 Å². The minimum absolute atomic E-state index is 0.0265. The van der Waals surface area contributed by atoms with Gasteiger partial charge in [-0.05, 0) is 79.9 Å². The van der Waals surface area contributed by atoms with Gasteiger partial charge >= 0.3 is 6.03 Å². The molecule has 0 aliphatic carbocycles. The van der Waals surface area contributed by atoms with Crippen LogP contribution in [0.5, 0.6) is 11.5 Å². The molecule has 3 aromatic rings. The summed E-state index contributed by atoms with van der Waals surface area (Å²) < 4.78 is 34.1. The predicted octanol–water partition coefficient (Wildman–Crippen LogP) is 6.54. The molecule has 5 rings (SSSR count). The first kappa shape index (κ1) is 29.5. The number of ether oxygens (including phenoxy) is 1. The Morgan fingerprint density at radius 2 is 1.59 bits per heavy atom. The third-order valence-electron chi connectivity index (χ3n) is 6.90. The number of carbonyl (C=O) groups excluding carboxylic acids is 2. The molecule has 13 heteroatoms. The quantitative estimate of drug-likeness (QED) is 0.306. The average molecular weight is 638 g/mol. The first-order valence-corrected chi connectivity index (χ1v) is 15.6. The van der Waals surface area contributed by atoms with Crippen LogP contribution in [0.3, 0.4) is 0 Å². The monoisotopic (exact) mass is 636 g/mol. The number of benzene rings is 3. The highest BCUT2D eigenvalue weighted by molar-refractivity contribution is 7.89. The number of halogens is 3. The van der Waals surface area contributed by atoms with E-state index in [0.717, 1.165) is 19.3 Å². The first-order chi connectivity index (χ1) is 19.6. The van der Waals surface area contributed by atoms with Gasteiger partial charge in [-0.25, -0.2) is 13.2 Å². The molecule has 2 saturated heterocycles. The van der Waals surface area contributed by atoms with Crippen molar-refractivity contribution >= 4 is 68.1 Å². The predicted molar refractivity (Wildman–Crippen MR) is 160 cm³/mol. The molecule has 3 amide bonds. The molecule has 1 atom stereocenters. The van der Waals surface area contributed by atoms with Crippen LogP contribution in [0.4, 0.5) is 16.2 Å². The molecule has 1 unspecified atom stereocenters. The van der Waals surface area contributed by atoms with Crippen molar-refractivity contribution in [3.05, 3.63) is 75.7 Å². The fraction of sp³-hybridized carbons (Fsp3) is 0.286. The van der Waals surface area contributed by atoms with Crippen LogP contribution in [0.1, 0.15) is 25.7 Å². The Balaban J connectivity index is 1.36. The third kappa shape index (κ3) is 6.73. The molecule has 216 valence electrons. The number of rotatable bonds is 7. The Morgan fingerprint density at radius 1 is 0.878 bits per heavy atom. The lowest BCUT2D eigenvalue weighted by Gasteiger charge is -2.26. The zero-order valence-electron chi connectivity index (χ0n) is 21.8. The normalized spacial score (nSPS) is 17.9. The second-order valence-corrected chi connectivity index (χ2v) is 12.9. The molecule has 0 spiro atoms. The van der Waals surface area contributed by atoms with Crippen molar-refractivity contribution in [2.75, 3.05) is 29.9 Å². The summed E-state index contributed by atoms with van der Waals surface area (Å²) in [7, 11) is -3.79. The van der Waals surface area contributed by atoms with Gasteiger partial charge in [0.1, 0.15) is 11.8 Å². The van der Waals surface area contributed by atoms with Crippen molar-refractivity contribution in [2.24, 2.45) is 0 Å². The van der Waals surface area contributed by atoms with E-state index in [4.69, 9.17) is 39.5 Å². The second-order valence-electron chi connectivity index (χ2n) is 9.70. The molecule has 0 radical (unpaired) electrons. The minimum atomic E-state index is -3.79. The maximum absolute atomic E-state index is 13.3. The van der Waals surface area contributed by atoms with Crippen molar-refractivity contribution in [1.29, 1.82) is 0 Å². The van der Waals surface area contributed by atoms with Crippen molar-refractivity contribution in [2.45, 2.75) is 36.6 Å². The number of urea groups is 1. The van der Waals surface area contributed by atoms with Gasteiger partial charge in [0.05, 0.1) is 21.3 Å². The Kier molecular flexibility index (Phi) is 8.96. The Labute approximate surface area is 253 Å². The summed E-state index contributed by atoms with van der Waals surface area (Å²) in [4.78, 5) is 27.7. The molecule has 0 saturated carbocycles. The van der Waals surface area contributed by atoms with Gasteiger partial charge in [-0.3, -0.25) is 4.79 Å². The van der Waals surface area contributed by atoms with E-state index >= 15 is 0 Å². The number of sulfonamides is 1. The summed E-state index contributed by atoms with van der Waals surface area (Å²) in [5.74, 6) is 0.321. The SMILES string of the molecule is O=C(Nc1cc(S(=O)(=O)N2CCCCC2)ccc1Oc1ccc(Cl)cc1)NC1CCN(c2ccc(Cl)cc2Cl)C1=O. The zero-order chi connectivity index (χ0) is 29.1. The summed E-state index contributed by atoms with van der Waals surface area (Å²) in [6.07, 6.45) is 2.91. The van der Waals surface area contributed by atoms with Crippen molar-refractivity contribution in [1.82, 2.24) is 9.62 Å². The van der Waals surface area contributed by atoms with Crippen LogP contribution in [0.25, 0.3) is 0 Å². The smallest absolute Gasteiger partial charge is 0.319 e. The largest absolute Gasteiger partial charge is 0.455 e. The van der Waals surface area contributed by atoms with Gasteiger partial charge in [-0.2, -0.15) is 4.31 Å². The van der Waals surface area contributed by atoms with Gasteiger partial charge in [0, 0.05) is 29.7 Å². The molecule has 2 N–H and O–H groups in total. The fourth-order valence-electron chi connectivity index (χ4n) is 4.81. The molecule has 2 aliphatic heterocycles. The summed E-state index contributed by atoms with van der Waals surface area (Å²) >= 11 is 18.2. The first-order valence-electron chi connectivity index (χ1n) is 13.0. The number of anilines is 2. The van der Waals surface area contributed by atoms with E-state index in [-0.39, 0.29) is 22.2 Å². The fourth-order valence-corrected chi connectivity index (χ4v) is 6.99. The lowest BCUT2D eigenvalue weighted by Crippen LogP contribution is -2.43. The molecule has 0 bridgehead atoms. The van der Waals surface area contributed by atoms with Crippen LogP contribution in [0.15, 0.2) is 65.6 Å². The van der Waals surface area contributed by atoms with Crippen LogP contribution in [0, 0.1) is 0 Å². The third-order valence-corrected chi connectivity index (χ3v) is 9.59. The number of nitrogens with one attached hydrogen (secondary N) is 2. The average Bonchev–Trinajstić information content (AvgIpc) is 3.30. The molecular weight excluding hydrogens is 611 g/mol. The maximum atomic E-state index is 13.3. The second kappa shape index (κ2) is 12.5. The summed E-state index contributed by atoms with van der Waals surface area (Å²) in [6.45, 7) is 1.22. The van der Waals surface area contributed by atoms with E-state index in [1.165, 1.54) is 27.4 Å². The molecule has 2 aliphatic rings. The van der Waals surface area contributed by atoms with Crippen molar-refractivity contribution < 1.29 is 22.7 Å². The number of amides is 3. The van der Waals surface area contributed by atoms with Crippen molar-refractivity contribution in [3.8, 4) is 11.5 Å². The van der Waals surface area contributed by atoms with E-state index in [0.29, 0.717) is 52.6 Å². The van der Waals surface area contributed by atoms with Crippen LogP contribution < -0.4 is 20.3 Å². The van der Waals surface area contributed by atoms with Crippen LogP contribution in [-0.4, -0.2) is 50.3 Å². The van der Waals surface area contributed by atoms with Gasteiger partial charge in [-0.1, -0.05) is 41.2 Å². The van der Waals surface area contributed by atoms with Crippen LogP contribution in [-0.2, 0) is 14.8 Å². The lowest BCUT2D eigenvalue weighted by molar-refractivity contribution is -0.118. The van der Waals surface area contributed by atoms with E-state index < -0.39 is 22.1 Å². The molecular formula is C28H27Cl3N4O5S. The maximum Gasteiger partial charge on any atom is 0.319 e. The summed E-state index contributed by atoms with van der Waals surface area (Å²) in [6, 6.07) is 14.2.